The predicted octanol–water partition coefficient (Wildman–Crippen LogP) is -6.44. The van der Waals surface area contributed by atoms with Crippen LogP contribution in [0.2, 0.25) is 0 Å². The minimum Gasteiger partial charge on any atom is -0.394 e. The Labute approximate surface area is 136 Å². The molecule has 2 aliphatic heterocycles. The summed E-state index contributed by atoms with van der Waals surface area (Å²) >= 11 is 0. The van der Waals surface area contributed by atoms with E-state index in [1.165, 1.54) is 0 Å². The van der Waals surface area contributed by atoms with Gasteiger partial charge in [0, 0.05) is 0 Å². The average Bonchev–Trinajstić information content (AvgIpc) is 2.58. The van der Waals surface area contributed by atoms with Gasteiger partial charge in [0.05, 0.1) is 13.2 Å². The van der Waals surface area contributed by atoms with Crippen molar-refractivity contribution in [1.82, 2.24) is 0 Å². The molecule has 12 nitrogen and oxygen atoms in total. The van der Waals surface area contributed by atoms with E-state index in [-0.39, 0.29) is 0 Å². The van der Waals surface area contributed by atoms with Crippen LogP contribution in [0.4, 0.5) is 0 Å². The molecule has 144 valence electrons. The van der Waals surface area contributed by atoms with Gasteiger partial charge in [-0.05, 0) is 0 Å². The summed E-state index contributed by atoms with van der Waals surface area (Å²) in [6, 6.07) is 0. The fourth-order valence-corrected chi connectivity index (χ4v) is 2.16. The Balaban J connectivity index is 0.000000240. The molecule has 12 heteroatoms. The van der Waals surface area contributed by atoms with Crippen molar-refractivity contribution >= 4 is 0 Å². The molecule has 24 heavy (non-hydrogen) atoms. The van der Waals surface area contributed by atoms with E-state index >= 15 is 0 Å². The molecule has 0 radical (unpaired) electrons. The molecular weight excluding hydrogens is 336 g/mol. The molecule has 2 aliphatic rings. The first-order valence-electron chi connectivity index (χ1n) is 7.12. The van der Waals surface area contributed by atoms with E-state index in [9.17, 15) is 0 Å². The van der Waals surface area contributed by atoms with Gasteiger partial charge in [-0.2, -0.15) is 0 Å². The predicted molar refractivity (Wildman–Crippen MR) is 72.0 cm³/mol. The summed E-state index contributed by atoms with van der Waals surface area (Å²) in [4.78, 5) is 0. The number of aliphatic hydroxyl groups excluding tert-OH is 10. The summed E-state index contributed by atoms with van der Waals surface area (Å²) in [5, 5.41) is 89.3. The molecule has 0 aromatic rings. The van der Waals surface area contributed by atoms with Crippen LogP contribution in [0.15, 0.2) is 0 Å². The lowest BCUT2D eigenvalue weighted by molar-refractivity contribution is -0.286. The largest absolute Gasteiger partial charge is 0.394 e. The molecule has 0 aromatic heterocycles. The van der Waals surface area contributed by atoms with E-state index in [2.05, 4.69) is 9.47 Å². The van der Waals surface area contributed by atoms with Crippen LogP contribution in [0.3, 0.4) is 0 Å². The third-order valence-corrected chi connectivity index (χ3v) is 3.73. The lowest BCUT2D eigenvalue weighted by Crippen LogP contribution is -2.58. The average molecular weight is 360 g/mol. The van der Waals surface area contributed by atoms with Crippen molar-refractivity contribution in [3.63, 3.8) is 0 Å². The highest BCUT2D eigenvalue weighted by Gasteiger charge is 2.43. The van der Waals surface area contributed by atoms with Gasteiger partial charge in [-0.1, -0.05) is 0 Å². The molecule has 0 bridgehead atoms. The second-order valence-corrected chi connectivity index (χ2v) is 5.44. The first-order chi connectivity index (χ1) is 11.1. The van der Waals surface area contributed by atoms with Gasteiger partial charge in [0.2, 0.25) is 0 Å². The highest BCUT2D eigenvalue weighted by atomic mass is 16.6. The van der Waals surface area contributed by atoms with Crippen LogP contribution >= 0.6 is 0 Å². The van der Waals surface area contributed by atoms with Crippen molar-refractivity contribution in [1.29, 1.82) is 0 Å². The van der Waals surface area contributed by atoms with Gasteiger partial charge in [-0.25, -0.2) is 0 Å². The van der Waals surface area contributed by atoms with E-state index in [1.54, 1.807) is 0 Å². The van der Waals surface area contributed by atoms with E-state index in [0.717, 1.165) is 0 Å². The van der Waals surface area contributed by atoms with Gasteiger partial charge in [0.25, 0.3) is 0 Å². The lowest BCUT2D eigenvalue weighted by atomic mass is 10.00. The summed E-state index contributed by atoms with van der Waals surface area (Å²) in [5.74, 6) is 0. The van der Waals surface area contributed by atoms with Crippen molar-refractivity contribution in [2.45, 2.75) is 61.4 Å². The van der Waals surface area contributed by atoms with Crippen LogP contribution in [0, 0.1) is 0 Å². The SMILES string of the molecule is OCC1O[C@H](O)[C@@H](O)C(O)[C@@H]1O.OCC1O[C@H](O)[C@@H](O)C(O)[C@H]1O. The molecule has 0 spiro atoms. The van der Waals surface area contributed by atoms with Crippen LogP contribution in [-0.2, 0) is 9.47 Å². The molecule has 0 saturated carbocycles. The summed E-state index contributed by atoms with van der Waals surface area (Å²) in [7, 11) is 0. The van der Waals surface area contributed by atoms with Crippen molar-refractivity contribution in [2.24, 2.45) is 0 Å². The molecule has 4 unspecified atom stereocenters. The van der Waals surface area contributed by atoms with E-state index in [1.807, 2.05) is 0 Å². The van der Waals surface area contributed by atoms with Gasteiger partial charge < -0.3 is 60.5 Å². The summed E-state index contributed by atoms with van der Waals surface area (Å²) in [6.07, 6.45) is -14.1. The molecule has 0 aliphatic carbocycles. The first-order valence-corrected chi connectivity index (χ1v) is 7.12. The molecule has 2 rings (SSSR count). The fraction of sp³-hybridized carbons (Fsp3) is 1.00. The van der Waals surface area contributed by atoms with Crippen LogP contribution in [0.5, 0.6) is 0 Å². The summed E-state index contributed by atoms with van der Waals surface area (Å²) in [5.41, 5.74) is 0. The Hall–Kier alpha value is -0.480. The number of rotatable bonds is 2. The van der Waals surface area contributed by atoms with Gasteiger partial charge >= 0.3 is 0 Å². The maximum absolute atomic E-state index is 9.12. The zero-order valence-corrected chi connectivity index (χ0v) is 12.5. The maximum atomic E-state index is 9.12. The minimum absolute atomic E-state index is 0.526. The van der Waals surface area contributed by atoms with Crippen molar-refractivity contribution in [3.8, 4) is 0 Å². The van der Waals surface area contributed by atoms with E-state index in [4.69, 9.17) is 51.1 Å². The fourth-order valence-electron chi connectivity index (χ4n) is 2.16. The zero-order chi connectivity index (χ0) is 18.6. The van der Waals surface area contributed by atoms with Gasteiger partial charge in [0.1, 0.15) is 48.8 Å². The van der Waals surface area contributed by atoms with Crippen LogP contribution in [-0.4, -0.2) is 126 Å². The van der Waals surface area contributed by atoms with Crippen molar-refractivity contribution < 1.29 is 60.5 Å². The highest BCUT2D eigenvalue weighted by Crippen LogP contribution is 2.19. The van der Waals surface area contributed by atoms with Crippen molar-refractivity contribution in [3.05, 3.63) is 0 Å². The molecule has 2 saturated heterocycles. The molecule has 10 atom stereocenters. The van der Waals surface area contributed by atoms with Crippen molar-refractivity contribution in [2.75, 3.05) is 13.2 Å². The standard InChI is InChI=1S/2C6H12O6/c2*7-1-2-3(8)4(9)5(10)6(11)12-2/h2*2-11H,1H2/t2?,3-,4?,5+,6+;2?,3-,4?,5-,6-/m10/s1. The number of ether oxygens (including phenoxy) is 2. The Bertz CT molecular complexity index is 326. The minimum atomic E-state index is -1.57. The molecule has 2 fully saturated rings. The highest BCUT2D eigenvalue weighted by molar-refractivity contribution is 4.88. The first kappa shape index (κ1) is 21.6. The molecular formula is C12H24O12. The van der Waals surface area contributed by atoms with Crippen LogP contribution in [0.1, 0.15) is 0 Å². The Morgan fingerprint density at radius 1 is 0.458 bits per heavy atom. The quantitative estimate of drug-likeness (QED) is 0.222. The second kappa shape index (κ2) is 9.28. The smallest absolute Gasteiger partial charge is 0.184 e. The Kier molecular flexibility index (Phi) is 8.34. The Morgan fingerprint density at radius 2 is 0.750 bits per heavy atom. The van der Waals surface area contributed by atoms with Crippen LogP contribution < -0.4 is 0 Å². The molecule has 0 aromatic carbocycles. The number of hydrogen-bond acceptors (Lipinski definition) is 12. The van der Waals surface area contributed by atoms with Gasteiger partial charge in [-0.3, -0.25) is 0 Å². The molecule has 10 N–H and O–H groups in total. The second-order valence-electron chi connectivity index (χ2n) is 5.44. The topological polar surface area (TPSA) is 221 Å². The van der Waals surface area contributed by atoms with E-state index < -0.39 is 74.6 Å². The van der Waals surface area contributed by atoms with Gasteiger partial charge in [0.15, 0.2) is 12.6 Å². The van der Waals surface area contributed by atoms with E-state index in [0.29, 0.717) is 0 Å². The number of hydrogen-bond donors (Lipinski definition) is 10. The number of aliphatic hydroxyl groups is 10. The maximum Gasteiger partial charge on any atom is 0.184 e. The van der Waals surface area contributed by atoms with Gasteiger partial charge in [-0.15, -0.1) is 0 Å². The summed E-state index contributed by atoms with van der Waals surface area (Å²) in [6.45, 7) is -1.05. The molecule has 0 amide bonds. The lowest BCUT2D eigenvalue weighted by Gasteiger charge is -2.37. The normalized spacial score (nSPS) is 49.2. The third-order valence-electron chi connectivity index (χ3n) is 3.73. The Morgan fingerprint density at radius 3 is 1.00 bits per heavy atom. The zero-order valence-electron chi connectivity index (χ0n) is 12.5. The molecule has 2 heterocycles. The summed E-state index contributed by atoms with van der Waals surface area (Å²) < 4.78 is 9.15. The van der Waals surface area contributed by atoms with Crippen LogP contribution in [0.25, 0.3) is 0 Å². The third kappa shape index (κ3) is 4.78. The monoisotopic (exact) mass is 360 g/mol.